The molecule has 5 nitrogen and oxygen atoms in total. The fraction of sp³-hybridized carbons (Fsp3) is 0.750. The topological polar surface area (TPSA) is 83.6 Å². The van der Waals surface area contributed by atoms with Crippen molar-refractivity contribution >= 4 is 11.9 Å². The fourth-order valence-electron chi connectivity index (χ4n) is 0.921. The number of hydrogen-bond acceptors (Lipinski definition) is 3. The molecule has 0 aromatic heterocycles. The number of carbonyl (C=O) groups excluding carboxylic acids is 1. The van der Waals surface area contributed by atoms with Crippen molar-refractivity contribution < 1.29 is 14.7 Å². The minimum atomic E-state index is -1.00. The first kappa shape index (κ1) is 11.9. The fourth-order valence-corrected chi connectivity index (χ4v) is 0.921. The zero-order valence-electron chi connectivity index (χ0n) is 7.99. The van der Waals surface area contributed by atoms with Gasteiger partial charge in [-0.1, -0.05) is 6.92 Å². The molecule has 0 aromatic rings. The Kier molecular flexibility index (Phi) is 5.06. The summed E-state index contributed by atoms with van der Waals surface area (Å²) in [6.45, 7) is 3.82. The molecule has 0 saturated carbocycles. The van der Waals surface area contributed by atoms with Gasteiger partial charge >= 0.3 is 5.97 Å². The minimum Gasteiger partial charge on any atom is -0.480 e. The molecule has 0 aliphatic carbocycles. The van der Waals surface area contributed by atoms with Crippen LogP contribution in [0.15, 0.2) is 0 Å². The number of carboxylic acids is 1. The van der Waals surface area contributed by atoms with Crippen molar-refractivity contribution in [1.82, 2.24) is 4.90 Å². The zero-order chi connectivity index (χ0) is 10.4. The van der Waals surface area contributed by atoms with Crippen molar-refractivity contribution in [3.63, 3.8) is 0 Å². The number of amides is 1. The summed E-state index contributed by atoms with van der Waals surface area (Å²) in [6.07, 6.45) is 0. The van der Waals surface area contributed by atoms with Crippen LogP contribution in [-0.2, 0) is 9.59 Å². The van der Waals surface area contributed by atoms with Gasteiger partial charge in [0.25, 0.3) is 0 Å². The Balaban J connectivity index is 4.22. The summed E-state index contributed by atoms with van der Waals surface area (Å²) >= 11 is 0. The maximum atomic E-state index is 11.4. The van der Waals surface area contributed by atoms with Gasteiger partial charge in [0.05, 0.1) is 0 Å². The maximum absolute atomic E-state index is 11.4. The molecule has 0 aromatic carbocycles. The first-order valence-corrected chi connectivity index (χ1v) is 4.23. The molecular weight excluding hydrogens is 172 g/mol. The Hall–Kier alpha value is -1.10. The molecule has 13 heavy (non-hydrogen) atoms. The van der Waals surface area contributed by atoms with E-state index in [-0.39, 0.29) is 24.9 Å². The van der Waals surface area contributed by atoms with Crippen molar-refractivity contribution in [1.29, 1.82) is 0 Å². The van der Waals surface area contributed by atoms with Gasteiger partial charge in [-0.25, -0.2) is 0 Å². The van der Waals surface area contributed by atoms with E-state index in [1.165, 1.54) is 4.90 Å². The molecular formula is C8H16N2O3. The number of rotatable bonds is 5. The van der Waals surface area contributed by atoms with Gasteiger partial charge in [0.2, 0.25) is 5.91 Å². The van der Waals surface area contributed by atoms with Crippen LogP contribution in [0.3, 0.4) is 0 Å². The first-order valence-electron chi connectivity index (χ1n) is 4.23. The lowest BCUT2D eigenvalue weighted by Gasteiger charge is -2.21. The largest absolute Gasteiger partial charge is 0.480 e. The normalized spacial score (nSPS) is 12.2. The van der Waals surface area contributed by atoms with Crippen LogP contribution in [0, 0.1) is 5.92 Å². The van der Waals surface area contributed by atoms with E-state index in [2.05, 4.69) is 0 Å². The summed E-state index contributed by atoms with van der Waals surface area (Å²) in [4.78, 5) is 23.1. The number of carbonyl (C=O) groups is 2. The molecule has 1 amide bonds. The molecule has 3 N–H and O–H groups in total. The summed E-state index contributed by atoms with van der Waals surface area (Å²) < 4.78 is 0. The highest BCUT2D eigenvalue weighted by molar-refractivity contribution is 5.82. The van der Waals surface area contributed by atoms with Gasteiger partial charge in [0, 0.05) is 19.0 Å². The third kappa shape index (κ3) is 3.89. The summed E-state index contributed by atoms with van der Waals surface area (Å²) in [7, 11) is 0. The lowest BCUT2D eigenvalue weighted by atomic mass is 10.1. The van der Waals surface area contributed by atoms with Gasteiger partial charge in [0.15, 0.2) is 0 Å². The van der Waals surface area contributed by atoms with E-state index in [9.17, 15) is 9.59 Å². The van der Waals surface area contributed by atoms with Gasteiger partial charge in [-0.05, 0) is 6.92 Å². The SMILES string of the molecule is CCN(CC(=O)O)C(=O)C(C)CN. The molecule has 1 unspecified atom stereocenters. The van der Waals surface area contributed by atoms with Crippen molar-refractivity contribution in [3.05, 3.63) is 0 Å². The summed E-state index contributed by atoms with van der Waals surface area (Å²) in [5.74, 6) is -1.51. The Morgan fingerprint density at radius 2 is 2.08 bits per heavy atom. The molecule has 0 heterocycles. The van der Waals surface area contributed by atoms with E-state index in [1.807, 2.05) is 0 Å². The number of hydrogen-bond donors (Lipinski definition) is 2. The van der Waals surface area contributed by atoms with Crippen LogP contribution in [0.1, 0.15) is 13.8 Å². The van der Waals surface area contributed by atoms with E-state index in [4.69, 9.17) is 10.8 Å². The molecule has 76 valence electrons. The number of carboxylic acid groups (broad SMARTS) is 1. The second-order valence-corrected chi connectivity index (χ2v) is 2.88. The standard InChI is InChI=1S/C8H16N2O3/c1-3-10(5-7(11)12)8(13)6(2)4-9/h6H,3-5,9H2,1-2H3,(H,11,12). The Morgan fingerprint density at radius 1 is 1.54 bits per heavy atom. The average molecular weight is 188 g/mol. The van der Waals surface area contributed by atoms with Crippen molar-refractivity contribution in [2.75, 3.05) is 19.6 Å². The quantitative estimate of drug-likeness (QED) is 0.610. The predicted octanol–water partition coefficient (Wildman–Crippen LogP) is -0.486. The Labute approximate surface area is 77.5 Å². The second-order valence-electron chi connectivity index (χ2n) is 2.88. The molecule has 0 radical (unpaired) electrons. The molecule has 1 atom stereocenters. The molecule has 0 aliphatic heterocycles. The van der Waals surface area contributed by atoms with E-state index < -0.39 is 5.97 Å². The lowest BCUT2D eigenvalue weighted by Crippen LogP contribution is -2.40. The van der Waals surface area contributed by atoms with Gasteiger partial charge in [-0.2, -0.15) is 0 Å². The molecule has 0 aliphatic rings. The van der Waals surface area contributed by atoms with Gasteiger partial charge in [0.1, 0.15) is 6.54 Å². The van der Waals surface area contributed by atoms with Crippen LogP contribution in [0.5, 0.6) is 0 Å². The van der Waals surface area contributed by atoms with Gasteiger partial charge in [-0.15, -0.1) is 0 Å². The number of nitrogens with two attached hydrogens (primary N) is 1. The van der Waals surface area contributed by atoms with Crippen LogP contribution >= 0.6 is 0 Å². The summed E-state index contributed by atoms with van der Waals surface area (Å²) in [5.41, 5.74) is 5.30. The smallest absolute Gasteiger partial charge is 0.323 e. The predicted molar refractivity (Wildman–Crippen MR) is 48.1 cm³/mol. The van der Waals surface area contributed by atoms with Crippen LogP contribution in [0.2, 0.25) is 0 Å². The minimum absolute atomic E-state index is 0.201. The molecule has 0 saturated heterocycles. The van der Waals surface area contributed by atoms with Crippen LogP contribution in [-0.4, -0.2) is 41.5 Å². The number of aliphatic carboxylic acids is 1. The highest BCUT2D eigenvalue weighted by Crippen LogP contribution is 2.00. The zero-order valence-corrected chi connectivity index (χ0v) is 7.99. The van der Waals surface area contributed by atoms with Crippen LogP contribution in [0.25, 0.3) is 0 Å². The Bertz CT molecular complexity index is 194. The third-order valence-electron chi connectivity index (χ3n) is 1.79. The highest BCUT2D eigenvalue weighted by Gasteiger charge is 2.19. The Morgan fingerprint density at radius 3 is 2.38 bits per heavy atom. The molecule has 0 fully saturated rings. The highest BCUT2D eigenvalue weighted by atomic mass is 16.4. The van der Waals surface area contributed by atoms with Crippen molar-refractivity contribution in [3.8, 4) is 0 Å². The van der Waals surface area contributed by atoms with E-state index in [0.717, 1.165) is 0 Å². The number of likely N-dealkylation sites (N-methyl/N-ethyl adjacent to an activating group) is 1. The van der Waals surface area contributed by atoms with Crippen molar-refractivity contribution in [2.24, 2.45) is 11.7 Å². The molecule has 5 heteroatoms. The van der Waals surface area contributed by atoms with E-state index in [0.29, 0.717) is 6.54 Å². The number of nitrogens with zero attached hydrogens (tertiary/aromatic N) is 1. The lowest BCUT2D eigenvalue weighted by molar-refractivity contribution is -0.145. The average Bonchev–Trinajstić information content (AvgIpc) is 2.11. The van der Waals surface area contributed by atoms with Gasteiger partial charge in [-0.3, -0.25) is 9.59 Å². The van der Waals surface area contributed by atoms with Crippen LogP contribution < -0.4 is 5.73 Å². The maximum Gasteiger partial charge on any atom is 0.323 e. The third-order valence-corrected chi connectivity index (χ3v) is 1.79. The van der Waals surface area contributed by atoms with E-state index in [1.54, 1.807) is 13.8 Å². The van der Waals surface area contributed by atoms with Gasteiger partial charge < -0.3 is 15.7 Å². The monoisotopic (exact) mass is 188 g/mol. The first-order chi connectivity index (χ1) is 6.02. The second kappa shape index (κ2) is 5.53. The van der Waals surface area contributed by atoms with Crippen LogP contribution in [0.4, 0.5) is 0 Å². The summed E-state index contributed by atoms with van der Waals surface area (Å²) in [6, 6.07) is 0. The van der Waals surface area contributed by atoms with Crippen molar-refractivity contribution in [2.45, 2.75) is 13.8 Å². The molecule has 0 spiro atoms. The summed E-state index contributed by atoms with van der Waals surface area (Å²) in [5, 5.41) is 8.49. The molecule has 0 bridgehead atoms. The molecule has 0 rings (SSSR count). The van der Waals surface area contributed by atoms with E-state index >= 15 is 0 Å².